The third-order valence-corrected chi connectivity index (χ3v) is 5.16. The smallest absolute Gasteiger partial charge is 0.326 e. The lowest BCUT2D eigenvalue weighted by atomic mass is 9.95. The summed E-state index contributed by atoms with van der Waals surface area (Å²) < 4.78 is 0. The highest BCUT2D eigenvalue weighted by Gasteiger charge is 2.38. The summed E-state index contributed by atoms with van der Waals surface area (Å²) in [6, 6.07) is 16.0. The topological polar surface area (TPSA) is 113 Å². The van der Waals surface area contributed by atoms with Crippen molar-refractivity contribution in [2.45, 2.75) is 37.4 Å². The van der Waals surface area contributed by atoms with Crippen LogP contribution in [-0.2, 0) is 16.0 Å². The fourth-order valence-electron chi connectivity index (χ4n) is 3.62. The van der Waals surface area contributed by atoms with Gasteiger partial charge in [-0.25, -0.2) is 4.79 Å². The van der Waals surface area contributed by atoms with Crippen LogP contribution in [0.1, 0.15) is 28.8 Å². The quantitative estimate of drug-likeness (QED) is 0.685. The van der Waals surface area contributed by atoms with Crippen molar-refractivity contribution in [3.05, 3.63) is 71.8 Å². The maximum absolute atomic E-state index is 12.8. The summed E-state index contributed by atoms with van der Waals surface area (Å²) in [6.45, 7) is 0.234. The summed E-state index contributed by atoms with van der Waals surface area (Å²) in [7, 11) is 0. The van der Waals surface area contributed by atoms with Crippen LogP contribution in [0.25, 0.3) is 0 Å². The first kappa shape index (κ1) is 20.5. The minimum atomic E-state index is -1.09. The number of likely N-dealkylation sites (tertiary alicyclic amines) is 1. The molecule has 1 aliphatic rings. The molecule has 1 unspecified atom stereocenters. The molecular weight excluding hydrogens is 370 g/mol. The van der Waals surface area contributed by atoms with E-state index in [4.69, 9.17) is 5.73 Å². The molecule has 2 aromatic rings. The third kappa shape index (κ3) is 5.20. The third-order valence-electron chi connectivity index (χ3n) is 5.16. The van der Waals surface area contributed by atoms with Crippen molar-refractivity contribution in [1.82, 2.24) is 10.2 Å². The van der Waals surface area contributed by atoms with E-state index in [0.717, 1.165) is 5.56 Å². The summed E-state index contributed by atoms with van der Waals surface area (Å²) >= 11 is 0. The van der Waals surface area contributed by atoms with Gasteiger partial charge in [0.1, 0.15) is 6.04 Å². The summed E-state index contributed by atoms with van der Waals surface area (Å²) in [5.41, 5.74) is 7.52. The number of hydrogen-bond acceptors (Lipinski definition) is 4. The highest BCUT2D eigenvalue weighted by molar-refractivity contribution is 5.94. The van der Waals surface area contributed by atoms with Crippen molar-refractivity contribution in [2.24, 2.45) is 5.73 Å². The van der Waals surface area contributed by atoms with E-state index in [9.17, 15) is 19.5 Å². The van der Waals surface area contributed by atoms with Gasteiger partial charge in [-0.1, -0.05) is 48.5 Å². The van der Waals surface area contributed by atoms with Gasteiger partial charge in [0.15, 0.2) is 0 Å². The zero-order valence-corrected chi connectivity index (χ0v) is 16.0. The molecule has 0 saturated carbocycles. The van der Waals surface area contributed by atoms with Gasteiger partial charge in [-0.3, -0.25) is 9.59 Å². The van der Waals surface area contributed by atoms with Crippen molar-refractivity contribution in [3.8, 4) is 0 Å². The lowest BCUT2D eigenvalue weighted by molar-refractivity contribution is -0.153. The van der Waals surface area contributed by atoms with E-state index in [1.807, 2.05) is 36.4 Å². The van der Waals surface area contributed by atoms with Crippen LogP contribution in [0.5, 0.6) is 0 Å². The number of nitrogens with two attached hydrogens (primary N) is 1. The number of rotatable bonds is 6. The summed E-state index contributed by atoms with van der Waals surface area (Å²) in [5.74, 6) is -1.72. The van der Waals surface area contributed by atoms with Gasteiger partial charge in [0.05, 0.1) is 6.04 Å². The average molecular weight is 395 g/mol. The fourth-order valence-corrected chi connectivity index (χ4v) is 3.62. The zero-order chi connectivity index (χ0) is 20.8. The number of aliphatic carboxylic acids is 1. The predicted octanol–water partition coefficient (Wildman–Crippen LogP) is 1.43. The fraction of sp³-hybridized carbons (Fsp3) is 0.318. The molecule has 7 nitrogen and oxygen atoms in total. The highest BCUT2D eigenvalue weighted by atomic mass is 16.4. The second-order valence-corrected chi connectivity index (χ2v) is 7.24. The number of nitrogens with one attached hydrogen (secondary N) is 1. The van der Waals surface area contributed by atoms with Gasteiger partial charge >= 0.3 is 5.97 Å². The number of carboxylic acids is 1. The van der Waals surface area contributed by atoms with E-state index < -0.39 is 18.1 Å². The van der Waals surface area contributed by atoms with Gasteiger partial charge in [0.2, 0.25) is 5.91 Å². The Morgan fingerprint density at radius 3 is 2.31 bits per heavy atom. The van der Waals surface area contributed by atoms with Gasteiger partial charge < -0.3 is 21.1 Å². The Labute approximate surface area is 169 Å². The lowest BCUT2D eigenvalue weighted by Crippen LogP contribution is -2.58. The van der Waals surface area contributed by atoms with Crippen molar-refractivity contribution in [3.63, 3.8) is 0 Å². The van der Waals surface area contributed by atoms with Gasteiger partial charge in [0, 0.05) is 18.2 Å². The van der Waals surface area contributed by atoms with Gasteiger partial charge in [-0.15, -0.1) is 0 Å². The number of amides is 2. The SMILES string of the molecule is NC(Cc1ccccc1)C(=O)N1CC[C@H](NC(=O)c2ccccc2)C[C@H]1C(=O)O. The first-order chi connectivity index (χ1) is 14.0. The molecule has 0 radical (unpaired) electrons. The van der Waals surface area contributed by atoms with Crippen molar-refractivity contribution >= 4 is 17.8 Å². The molecule has 0 spiro atoms. The number of hydrogen-bond donors (Lipinski definition) is 3. The second-order valence-electron chi connectivity index (χ2n) is 7.24. The summed E-state index contributed by atoms with van der Waals surface area (Å²) in [5, 5.41) is 12.5. The molecule has 0 aliphatic carbocycles. The minimum absolute atomic E-state index is 0.150. The molecule has 7 heteroatoms. The minimum Gasteiger partial charge on any atom is -0.480 e. The molecule has 0 bridgehead atoms. The molecule has 2 aromatic carbocycles. The molecule has 4 N–H and O–H groups in total. The maximum Gasteiger partial charge on any atom is 0.326 e. The van der Waals surface area contributed by atoms with E-state index in [1.165, 1.54) is 4.90 Å². The van der Waals surface area contributed by atoms with E-state index in [2.05, 4.69) is 5.32 Å². The van der Waals surface area contributed by atoms with Gasteiger partial charge in [-0.05, 0) is 37.0 Å². The zero-order valence-electron chi connectivity index (χ0n) is 16.0. The highest BCUT2D eigenvalue weighted by Crippen LogP contribution is 2.20. The Hall–Kier alpha value is -3.19. The Morgan fingerprint density at radius 2 is 1.69 bits per heavy atom. The number of benzene rings is 2. The molecule has 1 fully saturated rings. The van der Waals surface area contributed by atoms with Crippen LogP contribution in [-0.4, -0.2) is 52.5 Å². The molecule has 3 rings (SSSR count). The predicted molar refractivity (Wildman–Crippen MR) is 108 cm³/mol. The van der Waals surface area contributed by atoms with Crippen LogP contribution >= 0.6 is 0 Å². The molecule has 1 heterocycles. The van der Waals surface area contributed by atoms with Crippen molar-refractivity contribution < 1.29 is 19.5 Å². The molecule has 3 atom stereocenters. The molecule has 1 saturated heterocycles. The lowest BCUT2D eigenvalue weighted by Gasteiger charge is -2.38. The molecular formula is C22H25N3O4. The number of piperidine rings is 1. The number of carbonyl (C=O) groups is 3. The first-order valence-electron chi connectivity index (χ1n) is 9.64. The van der Waals surface area contributed by atoms with E-state index in [1.54, 1.807) is 24.3 Å². The van der Waals surface area contributed by atoms with Gasteiger partial charge in [0.25, 0.3) is 5.91 Å². The normalized spacial score (nSPS) is 20.0. The Morgan fingerprint density at radius 1 is 1.07 bits per heavy atom. The molecule has 152 valence electrons. The summed E-state index contributed by atoms with van der Waals surface area (Å²) in [4.78, 5) is 38.3. The molecule has 0 aromatic heterocycles. The second kappa shape index (κ2) is 9.34. The van der Waals surface area contributed by atoms with Crippen LogP contribution in [0.3, 0.4) is 0 Å². The summed E-state index contributed by atoms with van der Waals surface area (Å²) in [6.07, 6.45) is 0.973. The number of nitrogens with zero attached hydrogens (tertiary/aromatic N) is 1. The van der Waals surface area contributed by atoms with E-state index >= 15 is 0 Å². The van der Waals surface area contributed by atoms with Crippen molar-refractivity contribution in [2.75, 3.05) is 6.54 Å². The molecule has 2 amide bonds. The Kier molecular flexibility index (Phi) is 6.61. The maximum atomic E-state index is 12.8. The van der Waals surface area contributed by atoms with E-state index in [-0.39, 0.29) is 30.8 Å². The number of carboxylic acid groups (broad SMARTS) is 1. The van der Waals surface area contributed by atoms with Crippen molar-refractivity contribution in [1.29, 1.82) is 0 Å². The van der Waals surface area contributed by atoms with E-state index in [0.29, 0.717) is 18.4 Å². The van der Waals surface area contributed by atoms with Crippen LogP contribution < -0.4 is 11.1 Å². The first-order valence-corrected chi connectivity index (χ1v) is 9.64. The largest absolute Gasteiger partial charge is 0.480 e. The van der Waals surface area contributed by atoms with Gasteiger partial charge in [-0.2, -0.15) is 0 Å². The number of carbonyl (C=O) groups excluding carboxylic acids is 2. The standard InChI is InChI=1S/C22H25N3O4/c23-18(13-15-7-3-1-4-8-15)21(27)25-12-11-17(14-19(25)22(28)29)24-20(26)16-9-5-2-6-10-16/h1-10,17-19H,11-14,23H2,(H,24,26)(H,28,29)/t17-,18?,19-/m0/s1. The van der Waals surface area contributed by atoms with Crippen LogP contribution in [0.15, 0.2) is 60.7 Å². The Bertz CT molecular complexity index is 857. The molecule has 29 heavy (non-hydrogen) atoms. The average Bonchev–Trinajstić information content (AvgIpc) is 2.74. The molecule has 1 aliphatic heterocycles. The Balaban J connectivity index is 1.63. The van der Waals surface area contributed by atoms with Crippen LogP contribution in [0, 0.1) is 0 Å². The monoisotopic (exact) mass is 395 g/mol. The van der Waals surface area contributed by atoms with Crippen LogP contribution in [0.2, 0.25) is 0 Å². The van der Waals surface area contributed by atoms with Crippen LogP contribution in [0.4, 0.5) is 0 Å².